The zero-order chi connectivity index (χ0) is 15.3. The van der Waals surface area contributed by atoms with E-state index in [9.17, 15) is 10.2 Å². The minimum absolute atomic E-state index is 0.301. The Labute approximate surface area is 130 Å². The number of aliphatic hydroxyl groups excluding tert-OH is 2. The summed E-state index contributed by atoms with van der Waals surface area (Å²) in [5, 5.41) is 22.6. The van der Waals surface area contributed by atoms with Crippen molar-refractivity contribution in [3.05, 3.63) is 0 Å². The maximum atomic E-state index is 9.87. The van der Waals surface area contributed by atoms with Gasteiger partial charge in [0.15, 0.2) is 0 Å². The van der Waals surface area contributed by atoms with Crippen LogP contribution in [0.4, 0.5) is 0 Å². The van der Waals surface area contributed by atoms with E-state index < -0.39 is 6.10 Å². The van der Waals surface area contributed by atoms with Crippen LogP contribution in [0.25, 0.3) is 0 Å². The Morgan fingerprint density at radius 1 is 1.14 bits per heavy atom. The van der Waals surface area contributed by atoms with Crippen molar-refractivity contribution >= 4 is 0 Å². The molecule has 4 nitrogen and oxygen atoms in total. The summed E-state index contributed by atoms with van der Waals surface area (Å²) in [7, 11) is 0. The van der Waals surface area contributed by atoms with E-state index in [1.54, 1.807) is 0 Å². The summed E-state index contributed by atoms with van der Waals surface area (Å²) in [6.07, 6.45) is 9.25. The van der Waals surface area contributed by atoms with Gasteiger partial charge in [-0.3, -0.25) is 0 Å². The second kappa shape index (κ2) is 12.4. The van der Waals surface area contributed by atoms with E-state index >= 15 is 0 Å². The Bertz CT molecular complexity index is 238. The van der Waals surface area contributed by atoms with Crippen LogP contribution in [-0.2, 0) is 4.74 Å². The predicted molar refractivity (Wildman–Crippen MR) is 86.4 cm³/mol. The van der Waals surface area contributed by atoms with E-state index in [1.807, 2.05) is 0 Å². The molecule has 1 saturated carbocycles. The molecule has 0 amide bonds. The molecule has 0 aromatic carbocycles. The highest BCUT2D eigenvalue weighted by atomic mass is 16.5. The first-order valence-corrected chi connectivity index (χ1v) is 8.85. The molecule has 0 spiro atoms. The molecular weight excluding hydrogens is 266 g/mol. The van der Waals surface area contributed by atoms with Gasteiger partial charge in [0.2, 0.25) is 0 Å². The third-order valence-corrected chi connectivity index (χ3v) is 4.54. The van der Waals surface area contributed by atoms with Gasteiger partial charge in [-0.2, -0.15) is 0 Å². The lowest BCUT2D eigenvalue weighted by Crippen LogP contribution is -2.37. The normalized spacial score (nSPS) is 24.1. The number of nitrogens with one attached hydrogen (secondary N) is 1. The minimum Gasteiger partial charge on any atom is -0.396 e. The van der Waals surface area contributed by atoms with Crippen molar-refractivity contribution in [1.82, 2.24) is 5.32 Å². The average molecular weight is 301 g/mol. The molecule has 1 aliphatic rings. The molecule has 0 radical (unpaired) electrons. The number of aliphatic hydroxyl groups is 2. The summed E-state index contributed by atoms with van der Waals surface area (Å²) in [6, 6.07) is 0. The molecule has 0 aliphatic heterocycles. The number of unbranched alkanes of at least 4 members (excludes halogenated alkanes) is 3. The Morgan fingerprint density at radius 3 is 2.62 bits per heavy atom. The summed E-state index contributed by atoms with van der Waals surface area (Å²) < 4.78 is 5.50. The molecule has 3 N–H and O–H groups in total. The van der Waals surface area contributed by atoms with Crippen LogP contribution in [0.15, 0.2) is 0 Å². The van der Waals surface area contributed by atoms with E-state index in [0.29, 0.717) is 31.6 Å². The van der Waals surface area contributed by atoms with Crippen molar-refractivity contribution < 1.29 is 14.9 Å². The quantitative estimate of drug-likeness (QED) is 0.484. The lowest BCUT2D eigenvalue weighted by atomic mass is 9.79. The van der Waals surface area contributed by atoms with Crippen LogP contribution in [0, 0.1) is 11.8 Å². The van der Waals surface area contributed by atoms with Crippen LogP contribution in [0.2, 0.25) is 0 Å². The van der Waals surface area contributed by atoms with Gasteiger partial charge in [0.05, 0.1) is 12.7 Å². The molecule has 1 fully saturated rings. The monoisotopic (exact) mass is 301 g/mol. The minimum atomic E-state index is -0.424. The molecule has 0 aromatic heterocycles. The van der Waals surface area contributed by atoms with Crippen molar-refractivity contribution in [2.45, 2.75) is 64.4 Å². The molecule has 0 bridgehead atoms. The number of hydrogen-bond donors (Lipinski definition) is 3. The number of ether oxygens (including phenoxy) is 1. The highest BCUT2D eigenvalue weighted by molar-refractivity contribution is 4.77. The van der Waals surface area contributed by atoms with E-state index in [1.165, 1.54) is 38.5 Å². The van der Waals surface area contributed by atoms with Crippen LogP contribution in [0.1, 0.15) is 58.3 Å². The van der Waals surface area contributed by atoms with Gasteiger partial charge in [-0.15, -0.1) is 0 Å². The fraction of sp³-hybridized carbons (Fsp3) is 1.00. The maximum absolute atomic E-state index is 9.87. The summed E-state index contributed by atoms with van der Waals surface area (Å²) in [6.45, 7) is 5.17. The Kier molecular flexibility index (Phi) is 11.1. The van der Waals surface area contributed by atoms with Crippen molar-refractivity contribution in [1.29, 1.82) is 0 Å². The van der Waals surface area contributed by atoms with Crippen LogP contribution >= 0.6 is 0 Å². The lowest BCUT2D eigenvalue weighted by Gasteiger charge is -2.30. The molecule has 1 aliphatic carbocycles. The first-order chi connectivity index (χ1) is 10.3. The third kappa shape index (κ3) is 8.77. The largest absolute Gasteiger partial charge is 0.396 e. The number of rotatable bonds is 12. The van der Waals surface area contributed by atoms with Gasteiger partial charge in [0, 0.05) is 19.8 Å². The van der Waals surface area contributed by atoms with Crippen LogP contribution in [0.3, 0.4) is 0 Å². The maximum Gasteiger partial charge on any atom is 0.0897 e. The lowest BCUT2D eigenvalue weighted by molar-refractivity contribution is 0.0339. The molecule has 0 heterocycles. The first kappa shape index (κ1) is 18.9. The highest BCUT2D eigenvalue weighted by Gasteiger charge is 2.24. The van der Waals surface area contributed by atoms with E-state index in [-0.39, 0.29) is 0 Å². The predicted octanol–water partition coefficient (Wildman–Crippen LogP) is 2.33. The van der Waals surface area contributed by atoms with E-state index in [0.717, 1.165) is 26.0 Å². The molecule has 3 unspecified atom stereocenters. The SMILES string of the molecule is CCCCCCOCC(O)CNCC1CCCCC1CO. The summed E-state index contributed by atoms with van der Waals surface area (Å²) >= 11 is 0. The van der Waals surface area contributed by atoms with E-state index in [4.69, 9.17) is 4.74 Å². The molecule has 0 saturated heterocycles. The van der Waals surface area contributed by atoms with Crippen LogP contribution in [-0.4, -0.2) is 49.2 Å². The fourth-order valence-corrected chi connectivity index (χ4v) is 3.14. The topological polar surface area (TPSA) is 61.7 Å². The van der Waals surface area contributed by atoms with Crippen LogP contribution in [0.5, 0.6) is 0 Å². The van der Waals surface area contributed by atoms with Crippen LogP contribution < -0.4 is 5.32 Å². The smallest absolute Gasteiger partial charge is 0.0897 e. The van der Waals surface area contributed by atoms with Gasteiger partial charge in [0.1, 0.15) is 0 Å². The molecular formula is C17H35NO3. The summed E-state index contributed by atoms with van der Waals surface area (Å²) in [5.41, 5.74) is 0. The molecule has 0 aromatic rings. The van der Waals surface area contributed by atoms with E-state index in [2.05, 4.69) is 12.2 Å². The summed E-state index contributed by atoms with van der Waals surface area (Å²) in [5.74, 6) is 1.00. The fourth-order valence-electron chi connectivity index (χ4n) is 3.14. The molecule has 4 heteroatoms. The van der Waals surface area contributed by atoms with Gasteiger partial charge >= 0.3 is 0 Å². The Hall–Kier alpha value is -0.160. The van der Waals surface area contributed by atoms with Crippen molar-refractivity contribution in [2.24, 2.45) is 11.8 Å². The average Bonchev–Trinajstić information content (AvgIpc) is 2.51. The summed E-state index contributed by atoms with van der Waals surface area (Å²) in [4.78, 5) is 0. The van der Waals surface area contributed by atoms with Crippen molar-refractivity contribution in [2.75, 3.05) is 32.9 Å². The number of hydrogen-bond acceptors (Lipinski definition) is 4. The second-order valence-electron chi connectivity index (χ2n) is 6.43. The van der Waals surface area contributed by atoms with Gasteiger partial charge in [-0.1, -0.05) is 39.0 Å². The standard InChI is InChI=1S/C17H35NO3/c1-2-3-4-7-10-21-14-17(20)12-18-11-15-8-5-6-9-16(15)13-19/h15-20H,2-14H2,1H3. The second-order valence-corrected chi connectivity index (χ2v) is 6.43. The Balaban J connectivity index is 1.98. The molecule has 21 heavy (non-hydrogen) atoms. The molecule has 1 rings (SSSR count). The molecule has 126 valence electrons. The molecule has 3 atom stereocenters. The first-order valence-electron chi connectivity index (χ1n) is 8.85. The van der Waals surface area contributed by atoms with Crippen molar-refractivity contribution in [3.8, 4) is 0 Å². The van der Waals surface area contributed by atoms with Crippen molar-refractivity contribution in [3.63, 3.8) is 0 Å². The third-order valence-electron chi connectivity index (χ3n) is 4.54. The van der Waals surface area contributed by atoms with Gasteiger partial charge < -0.3 is 20.3 Å². The zero-order valence-electron chi connectivity index (χ0n) is 13.7. The van der Waals surface area contributed by atoms with Gasteiger partial charge in [-0.25, -0.2) is 0 Å². The Morgan fingerprint density at radius 2 is 1.90 bits per heavy atom. The van der Waals surface area contributed by atoms with Gasteiger partial charge in [-0.05, 0) is 37.6 Å². The zero-order valence-corrected chi connectivity index (χ0v) is 13.7. The highest BCUT2D eigenvalue weighted by Crippen LogP contribution is 2.28. The van der Waals surface area contributed by atoms with Gasteiger partial charge in [0.25, 0.3) is 0 Å².